The molecule has 0 bridgehead atoms. The summed E-state index contributed by atoms with van der Waals surface area (Å²) in [6.07, 6.45) is 10.8. The van der Waals surface area contributed by atoms with Gasteiger partial charge in [-0.1, -0.05) is 84.1 Å². The molecule has 166 valence electrons. The van der Waals surface area contributed by atoms with Crippen LogP contribution in [-0.4, -0.2) is 24.6 Å². The Kier molecular flexibility index (Phi) is 17.2. The van der Waals surface area contributed by atoms with E-state index in [-0.39, 0.29) is 30.7 Å². The van der Waals surface area contributed by atoms with Crippen molar-refractivity contribution in [2.24, 2.45) is 5.92 Å². The van der Waals surface area contributed by atoms with Crippen LogP contribution in [0.25, 0.3) is 0 Å². The molecule has 0 rings (SSSR count). The molecule has 2 unspecified atom stereocenters. The Morgan fingerprint density at radius 2 is 1.52 bits per heavy atom. The summed E-state index contributed by atoms with van der Waals surface area (Å²) in [4.78, 5) is 23.9. The van der Waals surface area contributed by atoms with Crippen molar-refractivity contribution in [1.82, 2.24) is 0 Å². The van der Waals surface area contributed by atoms with Gasteiger partial charge in [0, 0.05) is 18.8 Å². The van der Waals surface area contributed by atoms with Gasteiger partial charge in [0.05, 0.1) is 6.61 Å². The van der Waals surface area contributed by atoms with Gasteiger partial charge in [0.25, 0.3) is 0 Å². The van der Waals surface area contributed by atoms with Crippen molar-refractivity contribution in [1.29, 1.82) is 0 Å². The molecule has 0 heterocycles. The first-order valence-electron chi connectivity index (χ1n) is 11.4. The van der Waals surface area contributed by atoms with Gasteiger partial charge >= 0.3 is 11.9 Å². The highest BCUT2D eigenvalue weighted by atomic mass is 16.5. The molecule has 4 heteroatoms. The summed E-state index contributed by atoms with van der Waals surface area (Å²) < 4.78 is 10.8. The minimum absolute atomic E-state index is 0.169. The lowest BCUT2D eigenvalue weighted by Gasteiger charge is -2.19. The fourth-order valence-electron chi connectivity index (χ4n) is 2.98. The highest BCUT2D eigenvalue weighted by Gasteiger charge is 2.19. The average Bonchev–Trinajstić information content (AvgIpc) is 2.67. The number of ether oxygens (including phenoxy) is 2. The standard InChI is InChI=1S/C25H42O4/c1-6-8-9-10-11-12-13-20-28-24(26)16-14-17-25(27)29-23(19-18-21(3)4)22(5)15-7-2/h22-23H,3,6-17,20H2,1-2,4-5H3. The lowest BCUT2D eigenvalue weighted by atomic mass is 9.99. The Morgan fingerprint density at radius 1 is 0.897 bits per heavy atom. The number of carbonyl (C=O) groups is 2. The predicted molar refractivity (Wildman–Crippen MR) is 119 cm³/mol. The Morgan fingerprint density at radius 3 is 2.14 bits per heavy atom. The zero-order valence-electron chi connectivity index (χ0n) is 19.2. The third kappa shape index (κ3) is 16.9. The first-order chi connectivity index (χ1) is 13.9. The zero-order chi connectivity index (χ0) is 21.9. The van der Waals surface area contributed by atoms with Gasteiger partial charge in [-0.25, -0.2) is 0 Å². The molecule has 0 aromatic heterocycles. The fraction of sp³-hybridized carbons (Fsp3) is 0.760. The Bertz CT molecular complexity index is 527. The monoisotopic (exact) mass is 406 g/mol. The molecule has 0 spiro atoms. The first-order valence-corrected chi connectivity index (χ1v) is 11.4. The van der Waals surface area contributed by atoms with Gasteiger partial charge in [0.2, 0.25) is 0 Å². The van der Waals surface area contributed by atoms with Crippen LogP contribution in [0.15, 0.2) is 12.2 Å². The molecule has 0 aliphatic heterocycles. The molecule has 0 aliphatic rings. The van der Waals surface area contributed by atoms with Gasteiger partial charge in [0.1, 0.15) is 0 Å². The molecule has 0 N–H and O–H groups in total. The minimum Gasteiger partial charge on any atom is -0.466 e. The van der Waals surface area contributed by atoms with Gasteiger partial charge in [-0.15, -0.1) is 0 Å². The quantitative estimate of drug-likeness (QED) is 0.170. The van der Waals surface area contributed by atoms with Crippen LogP contribution in [0.1, 0.15) is 105 Å². The molecular formula is C25H42O4. The maximum atomic E-state index is 12.1. The number of unbranched alkanes of at least 4 members (excludes halogenated alkanes) is 6. The molecule has 0 saturated heterocycles. The van der Waals surface area contributed by atoms with Crippen LogP contribution in [0.3, 0.4) is 0 Å². The minimum atomic E-state index is -0.427. The third-order valence-electron chi connectivity index (χ3n) is 4.72. The second-order valence-electron chi connectivity index (χ2n) is 7.92. The third-order valence-corrected chi connectivity index (χ3v) is 4.72. The summed E-state index contributed by atoms with van der Waals surface area (Å²) in [7, 11) is 0. The summed E-state index contributed by atoms with van der Waals surface area (Å²) in [6.45, 7) is 12.4. The molecule has 29 heavy (non-hydrogen) atoms. The Balaban J connectivity index is 4.00. The molecular weight excluding hydrogens is 364 g/mol. The van der Waals surface area contributed by atoms with Gasteiger partial charge in [-0.05, 0) is 31.8 Å². The summed E-state index contributed by atoms with van der Waals surface area (Å²) >= 11 is 0. The number of allylic oxidation sites excluding steroid dienone is 1. The van der Waals surface area contributed by atoms with E-state index in [0.717, 1.165) is 31.3 Å². The maximum absolute atomic E-state index is 12.1. The van der Waals surface area contributed by atoms with Crippen molar-refractivity contribution in [3.8, 4) is 11.8 Å². The summed E-state index contributed by atoms with van der Waals surface area (Å²) in [5, 5.41) is 0. The first kappa shape index (κ1) is 27.2. The molecule has 0 aliphatic carbocycles. The van der Waals surface area contributed by atoms with Gasteiger partial charge in [-0.3, -0.25) is 9.59 Å². The fourth-order valence-corrected chi connectivity index (χ4v) is 2.98. The van der Waals surface area contributed by atoms with Crippen LogP contribution in [0, 0.1) is 17.8 Å². The molecule has 0 radical (unpaired) electrons. The SMILES string of the molecule is C=C(C)C#CC(OC(=O)CCCC(=O)OCCCCCCCCC)C(C)CCC. The number of hydrogen-bond acceptors (Lipinski definition) is 4. The second-order valence-corrected chi connectivity index (χ2v) is 7.92. The van der Waals surface area contributed by atoms with E-state index in [0.29, 0.717) is 13.0 Å². The van der Waals surface area contributed by atoms with E-state index in [1.165, 1.54) is 32.1 Å². The van der Waals surface area contributed by atoms with Crippen LogP contribution < -0.4 is 0 Å². The van der Waals surface area contributed by atoms with Crippen LogP contribution in [0.2, 0.25) is 0 Å². The lowest BCUT2D eigenvalue weighted by Crippen LogP contribution is -2.24. The van der Waals surface area contributed by atoms with Crippen molar-refractivity contribution >= 4 is 11.9 Å². The van der Waals surface area contributed by atoms with Crippen LogP contribution in [0.4, 0.5) is 0 Å². The highest BCUT2D eigenvalue weighted by Crippen LogP contribution is 2.15. The van der Waals surface area contributed by atoms with E-state index >= 15 is 0 Å². The maximum Gasteiger partial charge on any atom is 0.307 e. The molecule has 0 amide bonds. The van der Waals surface area contributed by atoms with E-state index in [4.69, 9.17) is 9.47 Å². The molecule has 2 atom stereocenters. The normalized spacial score (nSPS) is 12.4. The van der Waals surface area contributed by atoms with Crippen LogP contribution >= 0.6 is 0 Å². The van der Waals surface area contributed by atoms with Crippen molar-refractivity contribution in [3.05, 3.63) is 12.2 Å². The molecule has 0 aromatic rings. The Labute approximate surface area is 178 Å². The van der Waals surface area contributed by atoms with E-state index < -0.39 is 6.10 Å². The molecule has 0 aromatic carbocycles. The summed E-state index contributed by atoms with van der Waals surface area (Å²) in [5.41, 5.74) is 0.749. The van der Waals surface area contributed by atoms with E-state index in [1.807, 2.05) is 13.8 Å². The molecule has 0 saturated carbocycles. The topological polar surface area (TPSA) is 52.6 Å². The lowest BCUT2D eigenvalue weighted by molar-refractivity contribution is -0.149. The average molecular weight is 407 g/mol. The van der Waals surface area contributed by atoms with Crippen molar-refractivity contribution in [3.63, 3.8) is 0 Å². The van der Waals surface area contributed by atoms with E-state index in [2.05, 4.69) is 32.3 Å². The van der Waals surface area contributed by atoms with Crippen LogP contribution in [0.5, 0.6) is 0 Å². The van der Waals surface area contributed by atoms with Gasteiger partial charge in [0.15, 0.2) is 6.10 Å². The summed E-state index contributed by atoms with van der Waals surface area (Å²) in [5.74, 6) is 5.55. The molecule has 0 fully saturated rings. The van der Waals surface area contributed by atoms with Gasteiger partial charge < -0.3 is 9.47 Å². The Hall–Kier alpha value is -1.76. The molecule has 4 nitrogen and oxygen atoms in total. The van der Waals surface area contributed by atoms with E-state index in [9.17, 15) is 9.59 Å². The number of rotatable bonds is 16. The van der Waals surface area contributed by atoms with Gasteiger partial charge in [-0.2, -0.15) is 0 Å². The smallest absolute Gasteiger partial charge is 0.307 e. The predicted octanol–water partition coefficient (Wildman–Crippen LogP) is 6.38. The van der Waals surface area contributed by atoms with E-state index in [1.54, 1.807) is 0 Å². The van der Waals surface area contributed by atoms with Crippen molar-refractivity contribution < 1.29 is 19.1 Å². The highest BCUT2D eigenvalue weighted by molar-refractivity contribution is 5.72. The largest absolute Gasteiger partial charge is 0.466 e. The number of esters is 2. The van der Waals surface area contributed by atoms with Crippen molar-refractivity contribution in [2.75, 3.05) is 6.61 Å². The summed E-state index contributed by atoms with van der Waals surface area (Å²) in [6, 6.07) is 0. The zero-order valence-corrected chi connectivity index (χ0v) is 19.2. The number of carbonyl (C=O) groups excluding carboxylic acids is 2. The second kappa shape index (κ2) is 18.3. The van der Waals surface area contributed by atoms with Crippen molar-refractivity contribution in [2.45, 2.75) is 111 Å². The number of hydrogen-bond donors (Lipinski definition) is 0. The van der Waals surface area contributed by atoms with Crippen LogP contribution in [-0.2, 0) is 19.1 Å².